The lowest BCUT2D eigenvalue weighted by Gasteiger charge is -2.37. The van der Waals surface area contributed by atoms with Gasteiger partial charge in [-0.15, -0.1) is 0 Å². The molecular formula is C23H34N2O4. The summed E-state index contributed by atoms with van der Waals surface area (Å²) in [5.74, 6) is -0.0668. The third-order valence-electron chi connectivity index (χ3n) is 5.36. The van der Waals surface area contributed by atoms with Gasteiger partial charge in [-0.1, -0.05) is 26.7 Å². The lowest BCUT2D eigenvalue weighted by Crippen LogP contribution is -2.40. The number of hydrogen-bond donors (Lipinski definition) is 0. The van der Waals surface area contributed by atoms with Crippen molar-refractivity contribution in [3.63, 3.8) is 0 Å². The van der Waals surface area contributed by atoms with Crippen LogP contribution in [0.3, 0.4) is 0 Å². The number of carbonyl (C=O) groups is 1. The van der Waals surface area contributed by atoms with Gasteiger partial charge in [-0.3, -0.25) is 0 Å². The molecule has 0 aromatic heterocycles. The number of unbranched alkanes of at least 4 members (excludes halogenated alkanes) is 2. The third kappa shape index (κ3) is 6.73. The summed E-state index contributed by atoms with van der Waals surface area (Å²) in [6.07, 6.45) is 6.07. The van der Waals surface area contributed by atoms with Crippen LogP contribution in [0.5, 0.6) is 0 Å². The normalized spacial score (nSPS) is 14.8. The Hall–Kier alpha value is -2.10. The summed E-state index contributed by atoms with van der Waals surface area (Å²) in [5, 5.41) is 9.54. The first kappa shape index (κ1) is 23.2. The van der Waals surface area contributed by atoms with Gasteiger partial charge in [0.1, 0.15) is 6.07 Å². The standard InChI is InChI=1S/C23H34N2O4/c1-4-6-14-28-23(29-15-7-5-2)18-10-12-25(13-11-18)21-9-8-19(22(26)27-3)16-20(21)17-24/h8-9,16,18,23H,4-7,10-15H2,1-3H3. The second-order valence-electron chi connectivity index (χ2n) is 7.48. The van der Waals surface area contributed by atoms with E-state index in [2.05, 4.69) is 24.8 Å². The van der Waals surface area contributed by atoms with Crippen molar-refractivity contribution in [2.75, 3.05) is 38.3 Å². The molecule has 0 atom stereocenters. The molecule has 29 heavy (non-hydrogen) atoms. The number of nitriles is 1. The zero-order chi connectivity index (χ0) is 21.1. The van der Waals surface area contributed by atoms with Gasteiger partial charge in [-0.2, -0.15) is 5.26 Å². The number of methoxy groups -OCH3 is 1. The van der Waals surface area contributed by atoms with Gasteiger partial charge >= 0.3 is 5.97 Å². The van der Waals surface area contributed by atoms with Crippen LogP contribution in [0.25, 0.3) is 0 Å². The molecule has 1 fully saturated rings. The molecule has 0 radical (unpaired) electrons. The van der Waals surface area contributed by atoms with E-state index in [4.69, 9.17) is 14.2 Å². The number of carbonyl (C=O) groups excluding carboxylic acids is 1. The van der Waals surface area contributed by atoms with E-state index in [1.807, 2.05) is 6.07 Å². The molecule has 160 valence electrons. The molecule has 0 N–H and O–H groups in total. The van der Waals surface area contributed by atoms with Gasteiger partial charge in [-0.05, 0) is 43.9 Å². The van der Waals surface area contributed by atoms with Gasteiger partial charge in [0.05, 0.1) is 23.9 Å². The van der Waals surface area contributed by atoms with Gasteiger partial charge in [0.2, 0.25) is 0 Å². The largest absolute Gasteiger partial charge is 0.465 e. The first-order valence-corrected chi connectivity index (χ1v) is 10.7. The quantitative estimate of drug-likeness (QED) is 0.308. The minimum atomic E-state index is -0.428. The minimum absolute atomic E-state index is 0.146. The molecule has 2 rings (SSSR count). The fourth-order valence-corrected chi connectivity index (χ4v) is 3.57. The predicted molar refractivity (Wildman–Crippen MR) is 113 cm³/mol. The number of ether oxygens (including phenoxy) is 3. The molecule has 6 nitrogen and oxygen atoms in total. The van der Waals surface area contributed by atoms with E-state index >= 15 is 0 Å². The second kappa shape index (κ2) is 12.5. The summed E-state index contributed by atoms with van der Waals surface area (Å²) in [5.41, 5.74) is 1.77. The molecule has 0 saturated carbocycles. The van der Waals surface area contributed by atoms with Crippen molar-refractivity contribution in [3.8, 4) is 6.07 Å². The summed E-state index contributed by atoms with van der Waals surface area (Å²) in [7, 11) is 1.34. The Morgan fingerprint density at radius 2 is 1.79 bits per heavy atom. The van der Waals surface area contributed by atoms with Gasteiger partial charge in [0, 0.05) is 32.2 Å². The molecule has 1 saturated heterocycles. The van der Waals surface area contributed by atoms with E-state index in [-0.39, 0.29) is 6.29 Å². The number of piperidine rings is 1. The van der Waals surface area contributed by atoms with E-state index in [1.165, 1.54) is 7.11 Å². The van der Waals surface area contributed by atoms with E-state index in [0.717, 1.165) is 70.5 Å². The van der Waals surface area contributed by atoms with E-state index in [0.29, 0.717) is 17.0 Å². The van der Waals surface area contributed by atoms with E-state index < -0.39 is 5.97 Å². The average molecular weight is 403 g/mol. The fraction of sp³-hybridized carbons (Fsp3) is 0.652. The monoisotopic (exact) mass is 402 g/mol. The highest BCUT2D eigenvalue weighted by atomic mass is 16.7. The highest BCUT2D eigenvalue weighted by Crippen LogP contribution is 2.30. The SMILES string of the molecule is CCCCOC(OCCCC)C1CCN(c2ccc(C(=O)OC)cc2C#N)CC1. The van der Waals surface area contributed by atoms with Gasteiger partial charge in [0.15, 0.2) is 6.29 Å². The molecule has 0 unspecified atom stereocenters. The van der Waals surface area contributed by atoms with Crippen LogP contribution >= 0.6 is 0 Å². The molecule has 0 amide bonds. The highest BCUT2D eigenvalue weighted by molar-refractivity contribution is 5.90. The molecule has 0 aliphatic carbocycles. The molecule has 1 heterocycles. The number of esters is 1. The molecule has 1 aromatic carbocycles. The van der Waals surface area contributed by atoms with Crippen LogP contribution in [-0.4, -0.2) is 45.7 Å². The zero-order valence-electron chi connectivity index (χ0n) is 18.0. The Morgan fingerprint density at radius 1 is 1.17 bits per heavy atom. The Balaban J connectivity index is 2.00. The third-order valence-corrected chi connectivity index (χ3v) is 5.36. The Morgan fingerprint density at radius 3 is 2.31 bits per heavy atom. The van der Waals surface area contributed by atoms with Gasteiger partial charge < -0.3 is 19.1 Å². The number of benzene rings is 1. The van der Waals surface area contributed by atoms with Crippen LogP contribution in [0.2, 0.25) is 0 Å². The molecule has 0 bridgehead atoms. The number of rotatable bonds is 11. The van der Waals surface area contributed by atoms with Crippen LogP contribution in [0.1, 0.15) is 68.3 Å². The number of hydrogen-bond acceptors (Lipinski definition) is 6. The molecule has 0 spiro atoms. The first-order valence-electron chi connectivity index (χ1n) is 10.7. The van der Waals surface area contributed by atoms with Crippen molar-refractivity contribution < 1.29 is 19.0 Å². The van der Waals surface area contributed by atoms with Crippen molar-refractivity contribution in [2.45, 2.75) is 58.7 Å². The summed E-state index contributed by atoms with van der Waals surface area (Å²) >= 11 is 0. The smallest absolute Gasteiger partial charge is 0.337 e. The molecule has 1 aromatic rings. The second-order valence-corrected chi connectivity index (χ2v) is 7.48. The topological polar surface area (TPSA) is 71.8 Å². The Labute approximate surface area is 174 Å². The molecular weight excluding hydrogens is 368 g/mol. The molecule has 6 heteroatoms. The van der Waals surface area contributed by atoms with E-state index in [1.54, 1.807) is 12.1 Å². The van der Waals surface area contributed by atoms with Crippen molar-refractivity contribution >= 4 is 11.7 Å². The highest BCUT2D eigenvalue weighted by Gasteiger charge is 2.29. The molecule has 1 aliphatic heterocycles. The first-order chi connectivity index (χ1) is 14.1. The molecule has 1 aliphatic rings. The van der Waals surface area contributed by atoms with Crippen LogP contribution in [0.4, 0.5) is 5.69 Å². The number of anilines is 1. The van der Waals surface area contributed by atoms with Gasteiger partial charge in [-0.25, -0.2) is 4.79 Å². The maximum Gasteiger partial charge on any atom is 0.337 e. The lowest BCUT2D eigenvalue weighted by molar-refractivity contribution is -0.177. The van der Waals surface area contributed by atoms with Crippen LogP contribution in [-0.2, 0) is 14.2 Å². The van der Waals surface area contributed by atoms with Crippen molar-refractivity contribution in [1.29, 1.82) is 5.26 Å². The van der Waals surface area contributed by atoms with Gasteiger partial charge in [0.25, 0.3) is 0 Å². The predicted octanol–water partition coefficient (Wildman–Crippen LogP) is 4.52. The van der Waals surface area contributed by atoms with Crippen LogP contribution < -0.4 is 4.90 Å². The van der Waals surface area contributed by atoms with E-state index in [9.17, 15) is 10.1 Å². The van der Waals surface area contributed by atoms with Crippen LogP contribution in [0, 0.1) is 17.2 Å². The fourth-order valence-electron chi connectivity index (χ4n) is 3.57. The Kier molecular flexibility index (Phi) is 9.96. The number of nitrogens with zero attached hydrogens (tertiary/aromatic N) is 2. The summed E-state index contributed by atoms with van der Waals surface area (Å²) < 4.78 is 16.9. The summed E-state index contributed by atoms with van der Waals surface area (Å²) in [6.45, 7) is 7.46. The summed E-state index contributed by atoms with van der Waals surface area (Å²) in [4.78, 5) is 13.9. The maximum absolute atomic E-state index is 11.7. The average Bonchev–Trinajstić information content (AvgIpc) is 2.77. The summed E-state index contributed by atoms with van der Waals surface area (Å²) in [6, 6.07) is 7.39. The van der Waals surface area contributed by atoms with Crippen molar-refractivity contribution in [2.24, 2.45) is 5.92 Å². The van der Waals surface area contributed by atoms with Crippen LogP contribution in [0.15, 0.2) is 18.2 Å². The Bertz CT molecular complexity index is 668. The van der Waals surface area contributed by atoms with Crippen molar-refractivity contribution in [3.05, 3.63) is 29.3 Å². The lowest BCUT2D eigenvalue weighted by atomic mass is 9.95. The maximum atomic E-state index is 11.7. The minimum Gasteiger partial charge on any atom is -0.465 e. The van der Waals surface area contributed by atoms with Crippen molar-refractivity contribution in [1.82, 2.24) is 0 Å². The zero-order valence-corrected chi connectivity index (χ0v) is 18.0.